The van der Waals surface area contributed by atoms with Crippen molar-refractivity contribution in [3.8, 4) is 11.3 Å². The van der Waals surface area contributed by atoms with Gasteiger partial charge in [-0.05, 0) is 67.1 Å². The first-order chi connectivity index (χ1) is 12.3. The molecular weight excluding hydrogens is 304 g/mol. The summed E-state index contributed by atoms with van der Waals surface area (Å²) in [6.45, 7) is 0. The van der Waals surface area contributed by atoms with Gasteiger partial charge >= 0.3 is 0 Å². The van der Waals surface area contributed by atoms with E-state index in [1.807, 2.05) is 0 Å². The average Bonchev–Trinajstić information content (AvgIpc) is 3.11. The van der Waals surface area contributed by atoms with E-state index in [-0.39, 0.29) is 0 Å². The predicted molar refractivity (Wildman–Crippen MR) is 101 cm³/mol. The number of fused-ring (bicyclic) bond motifs is 1. The first-order valence-electron chi connectivity index (χ1n) is 9.83. The number of H-pyrrole nitrogens is 1. The number of nitrogens with zero attached hydrogens (tertiary/aromatic N) is 1. The van der Waals surface area contributed by atoms with E-state index in [0.29, 0.717) is 5.41 Å². The molecule has 4 fully saturated rings. The Labute approximate surface area is 148 Å². The molecule has 4 aliphatic carbocycles. The fraction of sp³-hybridized carbons (Fsp3) is 0.435. The van der Waals surface area contributed by atoms with Gasteiger partial charge in [0.25, 0.3) is 0 Å². The molecule has 4 aliphatic rings. The number of rotatable bonds is 2. The highest BCUT2D eigenvalue weighted by atomic mass is 14.9. The van der Waals surface area contributed by atoms with Gasteiger partial charge in [-0.2, -0.15) is 0 Å². The highest BCUT2D eigenvalue weighted by Crippen LogP contribution is 2.60. The summed E-state index contributed by atoms with van der Waals surface area (Å²) >= 11 is 0. The third kappa shape index (κ3) is 2.06. The Balaban J connectivity index is 1.44. The first-order valence-corrected chi connectivity index (χ1v) is 9.83. The number of aromatic amines is 1. The maximum Gasteiger partial charge on any atom is 0.112 e. The van der Waals surface area contributed by atoms with Crippen LogP contribution >= 0.6 is 0 Å². The third-order valence-electron chi connectivity index (χ3n) is 7.20. The molecular formula is C23H24N2. The van der Waals surface area contributed by atoms with E-state index in [2.05, 4.69) is 53.6 Å². The van der Waals surface area contributed by atoms with Crippen LogP contribution in [0.1, 0.15) is 44.3 Å². The van der Waals surface area contributed by atoms with E-state index in [1.165, 1.54) is 66.4 Å². The number of aromatic nitrogens is 2. The zero-order valence-electron chi connectivity index (χ0n) is 14.5. The molecule has 2 nitrogen and oxygen atoms in total. The third-order valence-corrected chi connectivity index (χ3v) is 7.20. The molecule has 0 radical (unpaired) electrons. The summed E-state index contributed by atoms with van der Waals surface area (Å²) in [5.41, 5.74) is 2.81. The van der Waals surface area contributed by atoms with E-state index in [0.717, 1.165) is 17.8 Å². The fourth-order valence-electron chi connectivity index (χ4n) is 6.59. The fourth-order valence-corrected chi connectivity index (χ4v) is 6.59. The Kier molecular flexibility index (Phi) is 2.81. The van der Waals surface area contributed by atoms with E-state index in [9.17, 15) is 0 Å². The van der Waals surface area contributed by atoms with E-state index in [1.54, 1.807) is 0 Å². The van der Waals surface area contributed by atoms with Crippen LogP contribution in [0.4, 0.5) is 0 Å². The SMILES string of the molecule is c1ccc2c(-c3cnc(C45CC6CC(CC(C6)C4)C5)[nH]3)cccc2c1. The standard InChI is InChI=1S/C23H24N2/c1-2-6-19-18(4-1)5-3-7-20(19)21-14-24-22(25-21)23-11-15-8-16(12-23)10-17(9-15)13-23/h1-7,14-17H,8-13H2,(H,24,25). The Morgan fingerprint density at radius 3 is 2.28 bits per heavy atom. The van der Waals surface area contributed by atoms with E-state index in [4.69, 9.17) is 4.98 Å². The number of nitrogens with one attached hydrogen (secondary N) is 1. The second-order valence-electron chi connectivity index (χ2n) is 8.87. The van der Waals surface area contributed by atoms with Gasteiger partial charge in [-0.15, -0.1) is 0 Å². The zero-order chi connectivity index (χ0) is 16.4. The van der Waals surface area contributed by atoms with E-state index < -0.39 is 0 Å². The molecule has 25 heavy (non-hydrogen) atoms. The smallest absolute Gasteiger partial charge is 0.112 e. The molecule has 4 saturated carbocycles. The molecule has 1 N–H and O–H groups in total. The molecule has 126 valence electrons. The van der Waals surface area contributed by atoms with Crippen molar-refractivity contribution in [2.45, 2.75) is 43.9 Å². The topological polar surface area (TPSA) is 28.7 Å². The summed E-state index contributed by atoms with van der Waals surface area (Å²) < 4.78 is 0. The molecule has 4 bridgehead atoms. The lowest BCUT2D eigenvalue weighted by atomic mass is 9.49. The summed E-state index contributed by atoms with van der Waals surface area (Å²) in [6.07, 6.45) is 10.6. The number of imidazole rings is 1. The van der Waals surface area contributed by atoms with Crippen molar-refractivity contribution < 1.29 is 0 Å². The minimum absolute atomic E-state index is 0.345. The summed E-state index contributed by atoms with van der Waals surface area (Å²) in [5.74, 6) is 4.14. The lowest BCUT2D eigenvalue weighted by Gasteiger charge is -2.56. The van der Waals surface area contributed by atoms with Crippen LogP contribution in [-0.4, -0.2) is 9.97 Å². The molecule has 0 amide bonds. The molecule has 1 heterocycles. The molecule has 0 spiro atoms. The summed E-state index contributed by atoms with van der Waals surface area (Å²) in [6, 6.07) is 15.2. The molecule has 0 aliphatic heterocycles. The Morgan fingerprint density at radius 1 is 0.840 bits per heavy atom. The molecule has 2 aromatic carbocycles. The quantitative estimate of drug-likeness (QED) is 0.642. The zero-order valence-corrected chi connectivity index (χ0v) is 14.5. The van der Waals surface area contributed by atoms with Gasteiger partial charge in [0.1, 0.15) is 5.82 Å². The first kappa shape index (κ1) is 14.1. The van der Waals surface area contributed by atoms with Crippen molar-refractivity contribution in [2.24, 2.45) is 17.8 Å². The van der Waals surface area contributed by atoms with Gasteiger partial charge in [0.2, 0.25) is 0 Å². The number of benzene rings is 2. The maximum absolute atomic E-state index is 4.93. The minimum Gasteiger partial charge on any atom is -0.342 e. The lowest BCUT2D eigenvalue weighted by Crippen LogP contribution is -2.49. The van der Waals surface area contributed by atoms with Crippen LogP contribution < -0.4 is 0 Å². The van der Waals surface area contributed by atoms with Crippen LogP contribution in [0.15, 0.2) is 48.7 Å². The highest BCUT2D eigenvalue weighted by Gasteiger charge is 2.52. The van der Waals surface area contributed by atoms with Gasteiger partial charge in [0.05, 0.1) is 11.9 Å². The van der Waals surface area contributed by atoms with Gasteiger partial charge in [0, 0.05) is 11.0 Å². The van der Waals surface area contributed by atoms with Crippen molar-refractivity contribution >= 4 is 10.8 Å². The Hall–Kier alpha value is -2.09. The van der Waals surface area contributed by atoms with Gasteiger partial charge in [-0.25, -0.2) is 4.98 Å². The van der Waals surface area contributed by atoms with Gasteiger partial charge < -0.3 is 4.98 Å². The Morgan fingerprint density at radius 2 is 1.52 bits per heavy atom. The van der Waals surface area contributed by atoms with Crippen molar-refractivity contribution in [2.75, 3.05) is 0 Å². The monoisotopic (exact) mass is 328 g/mol. The molecule has 0 saturated heterocycles. The molecule has 1 aromatic heterocycles. The summed E-state index contributed by atoms with van der Waals surface area (Å²) in [7, 11) is 0. The van der Waals surface area contributed by atoms with Crippen LogP contribution in [0, 0.1) is 17.8 Å². The largest absolute Gasteiger partial charge is 0.342 e. The predicted octanol–water partition coefficient (Wildman–Crippen LogP) is 5.70. The summed E-state index contributed by atoms with van der Waals surface area (Å²) in [5, 5.41) is 2.61. The van der Waals surface area contributed by atoms with E-state index >= 15 is 0 Å². The minimum atomic E-state index is 0.345. The van der Waals surface area contributed by atoms with Crippen LogP contribution in [0.5, 0.6) is 0 Å². The second kappa shape index (κ2) is 4.97. The Bertz CT molecular complexity index is 911. The lowest BCUT2D eigenvalue weighted by molar-refractivity contribution is -0.00898. The van der Waals surface area contributed by atoms with Gasteiger partial charge in [-0.3, -0.25) is 0 Å². The van der Waals surface area contributed by atoms with Gasteiger partial charge in [-0.1, -0.05) is 42.5 Å². The molecule has 2 heteroatoms. The van der Waals surface area contributed by atoms with Crippen LogP contribution in [0.3, 0.4) is 0 Å². The van der Waals surface area contributed by atoms with Gasteiger partial charge in [0.15, 0.2) is 0 Å². The van der Waals surface area contributed by atoms with Crippen LogP contribution in [0.25, 0.3) is 22.0 Å². The van der Waals surface area contributed by atoms with Crippen LogP contribution in [-0.2, 0) is 5.41 Å². The van der Waals surface area contributed by atoms with Crippen molar-refractivity contribution in [1.29, 1.82) is 0 Å². The summed E-state index contributed by atoms with van der Waals surface area (Å²) in [4.78, 5) is 8.70. The van der Waals surface area contributed by atoms with Crippen molar-refractivity contribution in [3.63, 3.8) is 0 Å². The average molecular weight is 328 g/mol. The van der Waals surface area contributed by atoms with Crippen molar-refractivity contribution in [1.82, 2.24) is 9.97 Å². The highest BCUT2D eigenvalue weighted by molar-refractivity contribution is 5.95. The molecule has 0 unspecified atom stereocenters. The normalized spacial score (nSPS) is 33.2. The number of hydrogen-bond acceptors (Lipinski definition) is 1. The molecule has 0 atom stereocenters. The molecule has 3 aromatic rings. The number of hydrogen-bond donors (Lipinski definition) is 1. The van der Waals surface area contributed by atoms with Crippen molar-refractivity contribution in [3.05, 3.63) is 54.5 Å². The maximum atomic E-state index is 4.93. The molecule has 7 rings (SSSR count). The second-order valence-corrected chi connectivity index (χ2v) is 8.87. The van der Waals surface area contributed by atoms with Crippen LogP contribution in [0.2, 0.25) is 0 Å².